The molecule has 0 N–H and O–H groups in total. The molecule has 0 unspecified atom stereocenters. The van der Waals surface area contributed by atoms with Gasteiger partial charge in [-0.1, -0.05) is 158 Å². The van der Waals surface area contributed by atoms with Gasteiger partial charge >= 0.3 is 0 Å². The predicted octanol–water partition coefficient (Wildman–Crippen LogP) is 15.5. The third-order valence-electron chi connectivity index (χ3n) is 10.9. The molecule has 1 aromatic heterocycles. The summed E-state index contributed by atoms with van der Waals surface area (Å²) in [7, 11) is 0. The first-order valence-electron chi connectivity index (χ1n) is 20.8. The molecule has 0 aliphatic carbocycles. The van der Waals surface area contributed by atoms with Crippen molar-refractivity contribution in [2.75, 3.05) is 4.90 Å². The van der Waals surface area contributed by atoms with E-state index < -0.39 is 0 Å². The maximum atomic E-state index is 9.69. The molecule has 0 aliphatic rings. The van der Waals surface area contributed by atoms with Crippen molar-refractivity contribution in [3.63, 3.8) is 0 Å². The van der Waals surface area contributed by atoms with Crippen LogP contribution in [0.4, 0.5) is 17.1 Å². The van der Waals surface area contributed by atoms with E-state index in [0.717, 1.165) is 71.1 Å². The average molecular weight is 718 g/mol. The number of anilines is 3. The van der Waals surface area contributed by atoms with Crippen LogP contribution >= 0.6 is 0 Å². The van der Waals surface area contributed by atoms with Crippen LogP contribution in [-0.2, 0) is 0 Å². The van der Waals surface area contributed by atoms with E-state index in [1.807, 2.05) is 114 Å². The molecule has 10 aromatic carbocycles. The second-order valence-corrected chi connectivity index (χ2v) is 14.2. The summed E-state index contributed by atoms with van der Waals surface area (Å²) in [6, 6.07) is 62.7. The molecule has 262 valence electrons. The first kappa shape index (κ1) is 28.1. The Bertz CT molecular complexity index is 3460. The molecule has 0 aliphatic heterocycles. The Kier molecular flexibility index (Phi) is 6.60. The largest absolute Gasteiger partial charge is 0.455 e. The summed E-state index contributed by atoms with van der Waals surface area (Å²) in [6.45, 7) is 0. The molecule has 2 heteroatoms. The van der Waals surface area contributed by atoms with Gasteiger partial charge in [-0.25, -0.2) is 0 Å². The van der Waals surface area contributed by atoms with Crippen LogP contribution in [0.3, 0.4) is 0 Å². The lowest BCUT2D eigenvalue weighted by Crippen LogP contribution is -2.11. The zero-order valence-electron chi connectivity index (χ0n) is 34.3. The van der Waals surface area contributed by atoms with Crippen LogP contribution in [0.25, 0.3) is 87.6 Å². The summed E-state index contributed by atoms with van der Waals surface area (Å²) in [4.78, 5) is 1.89. The second kappa shape index (κ2) is 13.2. The number of rotatable bonds is 6. The van der Waals surface area contributed by atoms with Crippen LogP contribution in [0.15, 0.2) is 217 Å². The lowest BCUT2D eigenvalue weighted by Gasteiger charge is -2.28. The van der Waals surface area contributed by atoms with Crippen LogP contribution in [0.2, 0.25) is 0 Å². The highest BCUT2D eigenvalue weighted by Gasteiger charge is 2.19. The van der Waals surface area contributed by atoms with Crippen LogP contribution in [0.1, 0.15) is 5.48 Å². The Morgan fingerprint density at radius 3 is 1.86 bits per heavy atom. The van der Waals surface area contributed by atoms with Gasteiger partial charge in [-0.15, -0.1) is 0 Å². The first-order chi connectivity index (χ1) is 29.4. The molecule has 0 atom stereocenters. The lowest BCUT2D eigenvalue weighted by molar-refractivity contribution is 0.672. The molecule has 1 heterocycles. The van der Waals surface area contributed by atoms with Gasteiger partial charge in [0.05, 0.1) is 11.2 Å². The SMILES string of the molecule is [2H]c1c([2H])c(N(c2ccc(-c3ccc4ccccc4c3)cc2)c2ccccc2-c2ccc3ccc4c5ccccc5oc4c3c2)c([2H])c([2H])c1-c1cccc2ccccc12. The zero-order valence-corrected chi connectivity index (χ0v) is 30.3. The van der Waals surface area contributed by atoms with E-state index in [9.17, 15) is 5.48 Å². The Hall–Kier alpha value is -7.42. The van der Waals surface area contributed by atoms with Crippen molar-refractivity contribution < 1.29 is 9.90 Å². The minimum Gasteiger partial charge on any atom is -0.455 e. The molecule has 0 bridgehead atoms. The zero-order chi connectivity index (χ0) is 40.5. The summed E-state index contributed by atoms with van der Waals surface area (Å²) in [6.07, 6.45) is 0. The molecule has 0 spiro atoms. The van der Waals surface area contributed by atoms with Crippen molar-refractivity contribution in [3.8, 4) is 33.4 Å². The molecular weight excluding hydrogens is 679 g/mol. The number of nitrogens with zero attached hydrogens (tertiary/aromatic N) is 1. The van der Waals surface area contributed by atoms with Gasteiger partial charge in [0.1, 0.15) is 11.2 Å². The standard InChI is InChI=1S/C54H35NO/c1-2-12-41-34-42(22-20-36(41)10-1)37-24-29-44(30-25-37)55(45-31-26-39(27-32-45)47-17-9-13-38-11-3-4-14-46(38)47)52-18-7-5-15-48(52)43-23-21-40-28-33-50-49-16-6-8-19-53(49)56-54(50)51(40)35-43/h1-35H/i26D,27D,31D,32D. The van der Waals surface area contributed by atoms with E-state index in [1.54, 1.807) is 0 Å². The summed E-state index contributed by atoms with van der Waals surface area (Å²) in [5.41, 5.74) is 8.05. The van der Waals surface area contributed by atoms with Gasteiger partial charge in [0.15, 0.2) is 0 Å². The van der Waals surface area contributed by atoms with Crippen molar-refractivity contribution in [2.45, 2.75) is 0 Å². The van der Waals surface area contributed by atoms with Crippen molar-refractivity contribution in [2.24, 2.45) is 0 Å². The van der Waals surface area contributed by atoms with E-state index in [2.05, 4.69) is 78.9 Å². The number of hydrogen-bond acceptors (Lipinski definition) is 2. The van der Waals surface area contributed by atoms with Crippen molar-refractivity contribution in [3.05, 3.63) is 212 Å². The Morgan fingerprint density at radius 1 is 0.357 bits per heavy atom. The Morgan fingerprint density at radius 2 is 0.982 bits per heavy atom. The second-order valence-electron chi connectivity index (χ2n) is 14.2. The summed E-state index contributed by atoms with van der Waals surface area (Å²) in [5, 5.41) is 8.30. The highest BCUT2D eigenvalue weighted by molar-refractivity contribution is 6.15. The average Bonchev–Trinajstić information content (AvgIpc) is 3.69. The third-order valence-corrected chi connectivity index (χ3v) is 10.9. The predicted molar refractivity (Wildman–Crippen MR) is 237 cm³/mol. The number of fused-ring (bicyclic) bond motifs is 7. The maximum absolute atomic E-state index is 9.69. The molecule has 0 radical (unpaired) electrons. The number of furan rings is 1. The maximum Gasteiger partial charge on any atom is 0.143 e. The first-order valence-corrected chi connectivity index (χ1v) is 18.8. The molecule has 0 amide bonds. The quantitative estimate of drug-likeness (QED) is 0.170. The van der Waals surface area contributed by atoms with Crippen LogP contribution in [0.5, 0.6) is 0 Å². The van der Waals surface area contributed by atoms with Gasteiger partial charge in [0.25, 0.3) is 0 Å². The molecular formula is C54H35NO. The number of benzene rings is 10. The van der Waals surface area contributed by atoms with E-state index in [4.69, 9.17) is 4.42 Å². The summed E-state index contributed by atoms with van der Waals surface area (Å²) < 4.78 is 44.9. The Labute approximate surface area is 330 Å². The monoisotopic (exact) mass is 717 g/mol. The fourth-order valence-electron chi connectivity index (χ4n) is 8.14. The Balaban J connectivity index is 1.13. The third kappa shape index (κ3) is 5.42. The summed E-state index contributed by atoms with van der Waals surface area (Å²) in [5.74, 6) is 0. The highest BCUT2D eigenvalue weighted by Crippen LogP contribution is 2.44. The molecule has 56 heavy (non-hydrogen) atoms. The molecule has 0 saturated heterocycles. The van der Waals surface area contributed by atoms with Gasteiger partial charge in [-0.05, 0) is 109 Å². The number of para-hydroxylation sites is 2. The van der Waals surface area contributed by atoms with Gasteiger partial charge in [-0.3, -0.25) is 0 Å². The van der Waals surface area contributed by atoms with E-state index in [0.29, 0.717) is 16.9 Å². The van der Waals surface area contributed by atoms with Crippen molar-refractivity contribution >= 4 is 71.3 Å². The molecule has 11 rings (SSSR count). The van der Waals surface area contributed by atoms with Crippen molar-refractivity contribution in [1.82, 2.24) is 0 Å². The lowest BCUT2D eigenvalue weighted by atomic mass is 9.96. The van der Waals surface area contributed by atoms with Crippen LogP contribution in [0, 0.1) is 0 Å². The minimum atomic E-state index is -0.130. The van der Waals surface area contributed by atoms with Gasteiger partial charge in [0.2, 0.25) is 0 Å². The smallest absolute Gasteiger partial charge is 0.143 e. The van der Waals surface area contributed by atoms with Gasteiger partial charge in [0, 0.05) is 33.1 Å². The highest BCUT2D eigenvalue weighted by atomic mass is 16.3. The van der Waals surface area contributed by atoms with E-state index in [-0.39, 0.29) is 35.4 Å². The minimum absolute atomic E-state index is 0.101. The van der Waals surface area contributed by atoms with E-state index >= 15 is 0 Å². The number of hydrogen-bond donors (Lipinski definition) is 0. The van der Waals surface area contributed by atoms with Gasteiger partial charge in [-0.2, -0.15) is 0 Å². The normalized spacial score (nSPS) is 12.6. The fourth-order valence-corrected chi connectivity index (χ4v) is 8.14. The van der Waals surface area contributed by atoms with Crippen LogP contribution < -0.4 is 4.90 Å². The summed E-state index contributed by atoms with van der Waals surface area (Å²) >= 11 is 0. The molecule has 11 aromatic rings. The molecule has 2 nitrogen and oxygen atoms in total. The fraction of sp³-hybridized carbons (Fsp3) is 0. The molecule has 0 fully saturated rings. The van der Waals surface area contributed by atoms with Crippen LogP contribution in [-0.4, -0.2) is 0 Å². The van der Waals surface area contributed by atoms with Crippen molar-refractivity contribution in [1.29, 1.82) is 0 Å². The molecule has 0 saturated carbocycles. The topological polar surface area (TPSA) is 16.4 Å². The van der Waals surface area contributed by atoms with Gasteiger partial charge < -0.3 is 9.32 Å². The van der Waals surface area contributed by atoms with E-state index in [1.165, 1.54) is 5.39 Å².